The largest absolute Gasteiger partial charge is 0.375 e. The molecule has 1 aliphatic heterocycles. The van der Waals surface area contributed by atoms with Gasteiger partial charge in [0.05, 0.1) is 18.8 Å². The monoisotopic (exact) mass is 284 g/mol. The Morgan fingerprint density at radius 3 is 2.71 bits per heavy atom. The molecule has 0 spiro atoms. The van der Waals surface area contributed by atoms with Crippen LogP contribution in [-0.2, 0) is 4.74 Å². The lowest BCUT2D eigenvalue weighted by Gasteiger charge is -2.36. The molecule has 0 saturated carbocycles. The van der Waals surface area contributed by atoms with Gasteiger partial charge < -0.3 is 14.2 Å². The highest BCUT2D eigenvalue weighted by molar-refractivity contribution is 5.95. The number of ether oxygens (including phenoxy) is 1. The Kier molecular flexibility index (Phi) is 3.80. The summed E-state index contributed by atoms with van der Waals surface area (Å²) in [5.41, 5.74) is 1.72. The topological polar surface area (TPSA) is 34.5 Å². The highest BCUT2D eigenvalue weighted by atomic mass is 16.5. The van der Waals surface area contributed by atoms with E-state index in [0.717, 1.165) is 11.3 Å². The van der Waals surface area contributed by atoms with E-state index in [0.29, 0.717) is 13.2 Å². The van der Waals surface area contributed by atoms with Gasteiger partial charge >= 0.3 is 0 Å². The highest BCUT2D eigenvalue weighted by Gasteiger charge is 2.28. The van der Waals surface area contributed by atoms with Gasteiger partial charge in [-0.2, -0.15) is 0 Å². The van der Waals surface area contributed by atoms with Crippen molar-refractivity contribution >= 4 is 5.91 Å². The van der Waals surface area contributed by atoms with E-state index in [4.69, 9.17) is 4.74 Å². The van der Waals surface area contributed by atoms with Gasteiger partial charge in [0.15, 0.2) is 0 Å². The molecular formula is C17H20N2O2. The van der Waals surface area contributed by atoms with Gasteiger partial charge in [-0.1, -0.05) is 6.07 Å². The summed E-state index contributed by atoms with van der Waals surface area (Å²) in [7, 11) is 0. The quantitative estimate of drug-likeness (QED) is 0.850. The van der Waals surface area contributed by atoms with Gasteiger partial charge in [-0.05, 0) is 44.2 Å². The van der Waals surface area contributed by atoms with Crippen LogP contribution < -0.4 is 0 Å². The molecule has 1 saturated heterocycles. The van der Waals surface area contributed by atoms with Crippen LogP contribution in [0, 0.1) is 0 Å². The summed E-state index contributed by atoms with van der Waals surface area (Å²) < 4.78 is 7.59. The molecule has 2 aromatic rings. The molecule has 2 heterocycles. The van der Waals surface area contributed by atoms with Crippen molar-refractivity contribution in [3.63, 3.8) is 0 Å². The molecule has 110 valence electrons. The number of morpholine rings is 1. The molecule has 1 aromatic heterocycles. The molecule has 21 heavy (non-hydrogen) atoms. The van der Waals surface area contributed by atoms with E-state index >= 15 is 0 Å². The maximum Gasteiger partial charge on any atom is 0.254 e. The highest BCUT2D eigenvalue weighted by Crippen LogP contribution is 2.17. The van der Waals surface area contributed by atoms with E-state index in [-0.39, 0.29) is 18.1 Å². The van der Waals surface area contributed by atoms with Crippen LogP contribution >= 0.6 is 0 Å². The van der Waals surface area contributed by atoms with Crippen molar-refractivity contribution in [1.82, 2.24) is 9.47 Å². The second kappa shape index (κ2) is 5.74. The van der Waals surface area contributed by atoms with Crippen LogP contribution in [-0.4, -0.2) is 40.7 Å². The maximum atomic E-state index is 12.7. The average Bonchev–Trinajstić information content (AvgIpc) is 3.03. The summed E-state index contributed by atoms with van der Waals surface area (Å²) >= 11 is 0. The minimum atomic E-state index is 0.0756. The van der Waals surface area contributed by atoms with E-state index in [2.05, 4.69) is 0 Å². The molecule has 4 nitrogen and oxygen atoms in total. The van der Waals surface area contributed by atoms with Gasteiger partial charge in [0.1, 0.15) is 0 Å². The van der Waals surface area contributed by atoms with Gasteiger partial charge in [-0.3, -0.25) is 4.79 Å². The Bertz CT molecular complexity index is 621. The molecule has 0 radical (unpaired) electrons. The van der Waals surface area contributed by atoms with Crippen molar-refractivity contribution in [1.29, 1.82) is 0 Å². The SMILES string of the molecule is C[C@@H]1CO[C@@H](C)CN1C(=O)c1cccc(-n2cccc2)c1. The number of rotatable bonds is 2. The summed E-state index contributed by atoms with van der Waals surface area (Å²) in [6.45, 7) is 5.28. The average molecular weight is 284 g/mol. The second-order valence-corrected chi connectivity index (χ2v) is 5.59. The number of carbonyl (C=O) groups is 1. The molecule has 1 fully saturated rings. The van der Waals surface area contributed by atoms with E-state index in [1.54, 1.807) is 0 Å². The van der Waals surface area contributed by atoms with E-state index in [9.17, 15) is 4.79 Å². The summed E-state index contributed by atoms with van der Waals surface area (Å²) in [6.07, 6.45) is 4.05. The lowest BCUT2D eigenvalue weighted by Crippen LogP contribution is -2.50. The molecule has 1 amide bonds. The van der Waals surface area contributed by atoms with Crippen LogP contribution in [0.3, 0.4) is 0 Å². The summed E-state index contributed by atoms with van der Waals surface area (Å²) in [5, 5.41) is 0. The van der Waals surface area contributed by atoms with Crippen molar-refractivity contribution < 1.29 is 9.53 Å². The van der Waals surface area contributed by atoms with Crippen molar-refractivity contribution in [2.24, 2.45) is 0 Å². The lowest BCUT2D eigenvalue weighted by atomic mass is 10.1. The number of amides is 1. The van der Waals surface area contributed by atoms with Gasteiger partial charge in [0.25, 0.3) is 5.91 Å². The Hall–Kier alpha value is -2.07. The van der Waals surface area contributed by atoms with Crippen molar-refractivity contribution in [2.45, 2.75) is 26.0 Å². The zero-order valence-corrected chi connectivity index (χ0v) is 12.4. The number of aromatic nitrogens is 1. The number of carbonyl (C=O) groups excluding carboxylic acids is 1. The normalized spacial score (nSPS) is 22.3. The fourth-order valence-electron chi connectivity index (χ4n) is 2.66. The lowest BCUT2D eigenvalue weighted by molar-refractivity contribution is -0.0387. The number of hydrogen-bond acceptors (Lipinski definition) is 2. The third kappa shape index (κ3) is 2.85. The minimum Gasteiger partial charge on any atom is -0.375 e. The van der Waals surface area contributed by atoms with Gasteiger partial charge in [0.2, 0.25) is 0 Å². The summed E-state index contributed by atoms with van der Waals surface area (Å²) in [5.74, 6) is 0.0756. The first-order valence-corrected chi connectivity index (χ1v) is 7.31. The zero-order valence-electron chi connectivity index (χ0n) is 12.4. The van der Waals surface area contributed by atoms with Crippen molar-refractivity contribution in [2.75, 3.05) is 13.2 Å². The van der Waals surface area contributed by atoms with E-state index in [1.165, 1.54) is 0 Å². The van der Waals surface area contributed by atoms with E-state index in [1.807, 2.05) is 72.1 Å². The first kappa shape index (κ1) is 13.9. The van der Waals surface area contributed by atoms with Crippen LogP contribution in [0.1, 0.15) is 24.2 Å². The van der Waals surface area contributed by atoms with Gasteiger partial charge in [-0.25, -0.2) is 0 Å². The first-order chi connectivity index (χ1) is 10.1. The number of nitrogens with zero attached hydrogens (tertiary/aromatic N) is 2. The third-order valence-corrected chi connectivity index (χ3v) is 3.86. The predicted molar refractivity (Wildman–Crippen MR) is 81.7 cm³/mol. The Morgan fingerprint density at radius 2 is 1.95 bits per heavy atom. The fourth-order valence-corrected chi connectivity index (χ4v) is 2.66. The van der Waals surface area contributed by atoms with Crippen LogP contribution in [0.5, 0.6) is 0 Å². The molecule has 1 aromatic carbocycles. The fraction of sp³-hybridized carbons (Fsp3) is 0.353. The predicted octanol–water partition coefficient (Wildman–Crippen LogP) is 2.73. The third-order valence-electron chi connectivity index (χ3n) is 3.86. The van der Waals surface area contributed by atoms with Crippen LogP contribution in [0.4, 0.5) is 0 Å². The maximum absolute atomic E-state index is 12.7. The number of benzene rings is 1. The number of hydrogen-bond donors (Lipinski definition) is 0. The smallest absolute Gasteiger partial charge is 0.254 e. The Morgan fingerprint density at radius 1 is 1.19 bits per heavy atom. The molecule has 3 rings (SSSR count). The zero-order chi connectivity index (χ0) is 14.8. The molecule has 0 unspecified atom stereocenters. The summed E-state index contributed by atoms with van der Waals surface area (Å²) in [6, 6.07) is 11.8. The van der Waals surface area contributed by atoms with Crippen molar-refractivity contribution in [3.8, 4) is 5.69 Å². The molecule has 2 atom stereocenters. The van der Waals surface area contributed by atoms with Crippen molar-refractivity contribution in [3.05, 3.63) is 54.4 Å². The molecule has 0 bridgehead atoms. The van der Waals surface area contributed by atoms with E-state index < -0.39 is 0 Å². The molecule has 4 heteroatoms. The first-order valence-electron chi connectivity index (χ1n) is 7.31. The summed E-state index contributed by atoms with van der Waals surface area (Å²) in [4.78, 5) is 14.6. The van der Waals surface area contributed by atoms with Gasteiger partial charge in [-0.15, -0.1) is 0 Å². The molecule has 1 aliphatic rings. The molecule has 0 aliphatic carbocycles. The Labute approximate surface area is 124 Å². The molecule has 0 N–H and O–H groups in total. The Balaban J connectivity index is 1.86. The van der Waals surface area contributed by atoms with Crippen LogP contribution in [0.2, 0.25) is 0 Å². The second-order valence-electron chi connectivity index (χ2n) is 5.59. The molecular weight excluding hydrogens is 264 g/mol. The van der Waals surface area contributed by atoms with Crippen LogP contribution in [0.25, 0.3) is 5.69 Å². The van der Waals surface area contributed by atoms with Crippen LogP contribution in [0.15, 0.2) is 48.8 Å². The standard InChI is InChI=1S/C17H20N2O2/c1-13-12-21-14(2)11-19(13)17(20)15-6-5-7-16(10-15)18-8-3-4-9-18/h3-10,13-14H,11-12H2,1-2H3/t13-,14+/m1/s1. The minimum absolute atomic E-state index is 0.0756. The van der Waals surface area contributed by atoms with Gasteiger partial charge in [0, 0.05) is 30.2 Å².